The lowest BCUT2D eigenvalue weighted by atomic mass is 10.1. The molecular weight excluding hydrogens is 435 g/mol. The third-order valence-corrected chi connectivity index (χ3v) is 5.05. The molecule has 1 aromatic heterocycles. The van der Waals surface area contributed by atoms with Crippen LogP contribution in [0.5, 0.6) is 0 Å². The zero-order valence-corrected chi connectivity index (χ0v) is 17.4. The first-order valence-corrected chi connectivity index (χ1v) is 10.2. The molecule has 1 aromatic carbocycles. The number of likely N-dealkylation sites (tertiary alicyclic amines) is 1. The van der Waals surface area contributed by atoms with Crippen LogP contribution >= 0.6 is 11.6 Å². The quantitative estimate of drug-likeness (QED) is 0.641. The Labute approximate surface area is 183 Å². The number of benzene rings is 1. The number of alkyl halides is 3. The Morgan fingerprint density at radius 2 is 2.06 bits per heavy atom. The van der Waals surface area contributed by atoms with Gasteiger partial charge in [-0.1, -0.05) is 17.7 Å². The van der Waals surface area contributed by atoms with Crippen molar-refractivity contribution in [3.8, 4) is 0 Å². The van der Waals surface area contributed by atoms with Gasteiger partial charge in [0, 0.05) is 36.2 Å². The van der Waals surface area contributed by atoms with Gasteiger partial charge in [0.2, 0.25) is 6.10 Å². The summed E-state index contributed by atoms with van der Waals surface area (Å²) < 4.78 is 51.1. The smallest absolute Gasteiger partial charge is 0.426 e. The predicted octanol–water partition coefficient (Wildman–Crippen LogP) is 4.90. The fourth-order valence-corrected chi connectivity index (χ4v) is 3.39. The molecule has 1 N–H and O–H groups in total. The van der Waals surface area contributed by atoms with Crippen LogP contribution in [0.3, 0.4) is 0 Å². The van der Waals surface area contributed by atoms with E-state index in [-0.39, 0.29) is 11.8 Å². The lowest BCUT2D eigenvalue weighted by molar-refractivity contribution is -0.208. The number of nitrogens with one attached hydrogen (secondary N) is 1. The molecule has 2 heterocycles. The number of rotatable bonds is 7. The van der Waals surface area contributed by atoms with Crippen LogP contribution in [0.2, 0.25) is 5.02 Å². The van der Waals surface area contributed by atoms with Gasteiger partial charge in [0.1, 0.15) is 0 Å². The number of carbonyl (C=O) groups is 1. The molecule has 0 bridgehead atoms. The summed E-state index contributed by atoms with van der Waals surface area (Å²) in [5.41, 5.74) is 1.19. The molecule has 1 amide bonds. The molecule has 10 heteroatoms. The first kappa shape index (κ1) is 23.3. The Morgan fingerprint density at radius 3 is 2.74 bits per heavy atom. The van der Waals surface area contributed by atoms with Crippen molar-refractivity contribution >= 4 is 23.4 Å². The second-order valence-corrected chi connectivity index (χ2v) is 7.70. The van der Waals surface area contributed by atoms with Gasteiger partial charge >= 0.3 is 12.3 Å². The van der Waals surface area contributed by atoms with E-state index in [1.165, 1.54) is 24.3 Å². The summed E-state index contributed by atoms with van der Waals surface area (Å²) in [5.74, 6) is 0. The van der Waals surface area contributed by atoms with Crippen LogP contribution < -0.4 is 5.32 Å². The number of hydrogen-bond acceptors (Lipinski definition) is 5. The first-order valence-electron chi connectivity index (χ1n) is 9.82. The average molecular weight is 458 g/mol. The molecule has 1 aliphatic heterocycles. The van der Waals surface area contributed by atoms with Crippen LogP contribution in [0, 0.1) is 0 Å². The topological polar surface area (TPSA) is 63.7 Å². The molecule has 1 saturated heterocycles. The number of carbonyl (C=O) groups excluding carboxylic acids is 1. The lowest BCUT2D eigenvalue weighted by Crippen LogP contribution is -2.49. The van der Waals surface area contributed by atoms with E-state index in [9.17, 15) is 18.0 Å². The van der Waals surface area contributed by atoms with E-state index in [0.29, 0.717) is 31.1 Å². The maximum Gasteiger partial charge on any atom is 0.426 e. The number of ether oxygens (including phenoxy) is 2. The fraction of sp³-hybridized carbons (Fsp3) is 0.429. The van der Waals surface area contributed by atoms with Gasteiger partial charge < -0.3 is 9.47 Å². The van der Waals surface area contributed by atoms with Gasteiger partial charge in [-0.2, -0.15) is 13.2 Å². The Bertz CT molecular complexity index is 837. The molecule has 0 spiro atoms. The molecule has 0 radical (unpaired) electrons. The minimum atomic E-state index is -4.69. The molecule has 1 fully saturated rings. The van der Waals surface area contributed by atoms with Crippen LogP contribution in [0.1, 0.15) is 18.4 Å². The van der Waals surface area contributed by atoms with Crippen LogP contribution in [0.15, 0.2) is 48.8 Å². The van der Waals surface area contributed by atoms with Crippen molar-refractivity contribution < 1.29 is 27.4 Å². The molecule has 6 nitrogen and oxygen atoms in total. The summed E-state index contributed by atoms with van der Waals surface area (Å²) >= 11 is 5.76. The minimum absolute atomic E-state index is 0.203. The summed E-state index contributed by atoms with van der Waals surface area (Å²) in [4.78, 5) is 17.6. The summed E-state index contributed by atoms with van der Waals surface area (Å²) in [5, 5.41) is 2.73. The SMILES string of the molecule is O=C(Nc1ccc(Cl)cc1)OC(CN1CCCC(OCc2cccnc2)C1)C(F)(F)F. The number of amides is 1. The van der Waals surface area contributed by atoms with E-state index in [4.69, 9.17) is 21.1 Å². The monoisotopic (exact) mass is 457 g/mol. The molecular formula is C21H23ClF3N3O3. The minimum Gasteiger partial charge on any atom is -0.435 e. The van der Waals surface area contributed by atoms with Crippen molar-refractivity contribution in [2.45, 2.75) is 37.8 Å². The largest absolute Gasteiger partial charge is 0.435 e. The van der Waals surface area contributed by atoms with E-state index in [2.05, 4.69) is 10.3 Å². The van der Waals surface area contributed by atoms with Gasteiger partial charge in [-0.3, -0.25) is 15.2 Å². The van der Waals surface area contributed by atoms with Gasteiger partial charge in [0.15, 0.2) is 0 Å². The van der Waals surface area contributed by atoms with E-state index in [1.807, 2.05) is 6.07 Å². The molecule has 2 aromatic rings. The van der Waals surface area contributed by atoms with Crippen molar-refractivity contribution in [2.24, 2.45) is 0 Å². The summed E-state index contributed by atoms with van der Waals surface area (Å²) in [6.45, 7) is 0.690. The number of halogens is 4. The predicted molar refractivity (Wildman–Crippen MR) is 110 cm³/mol. The van der Waals surface area contributed by atoms with Gasteiger partial charge in [-0.25, -0.2) is 4.79 Å². The molecule has 0 aliphatic carbocycles. The van der Waals surface area contributed by atoms with Crippen LogP contribution in [-0.2, 0) is 16.1 Å². The molecule has 3 rings (SSSR count). The van der Waals surface area contributed by atoms with E-state index < -0.39 is 24.9 Å². The third-order valence-electron chi connectivity index (χ3n) is 4.80. The zero-order valence-electron chi connectivity index (χ0n) is 16.6. The van der Waals surface area contributed by atoms with Gasteiger partial charge in [-0.15, -0.1) is 0 Å². The lowest BCUT2D eigenvalue weighted by Gasteiger charge is -2.35. The summed E-state index contributed by atoms with van der Waals surface area (Å²) in [6, 6.07) is 9.64. The molecule has 1 aliphatic rings. The second-order valence-electron chi connectivity index (χ2n) is 7.26. The highest BCUT2D eigenvalue weighted by Gasteiger charge is 2.44. The van der Waals surface area contributed by atoms with E-state index in [0.717, 1.165) is 12.0 Å². The maximum absolute atomic E-state index is 13.5. The summed E-state index contributed by atoms with van der Waals surface area (Å²) in [7, 11) is 0. The summed E-state index contributed by atoms with van der Waals surface area (Å²) in [6.07, 6.45) is -3.53. The zero-order chi connectivity index (χ0) is 22.3. The Kier molecular flexibility index (Phi) is 8.11. The normalized spacial score (nSPS) is 18.4. The number of anilines is 1. The molecule has 0 saturated carbocycles. The highest BCUT2D eigenvalue weighted by Crippen LogP contribution is 2.26. The van der Waals surface area contributed by atoms with Crippen molar-refractivity contribution in [1.82, 2.24) is 9.88 Å². The molecule has 168 valence electrons. The highest BCUT2D eigenvalue weighted by atomic mass is 35.5. The molecule has 31 heavy (non-hydrogen) atoms. The molecule has 2 unspecified atom stereocenters. The highest BCUT2D eigenvalue weighted by molar-refractivity contribution is 6.30. The van der Waals surface area contributed by atoms with Crippen LogP contribution in [0.4, 0.5) is 23.7 Å². The average Bonchev–Trinajstić information content (AvgIpc) is 2.74. The van der Waals surface area contributed by atoms with Gasteiger partial charge in [-0.05, 0) is 55.3 Å². The van der Waals surface area contributed by atoms with Crippen molar-refractivity contribution in [1.29, 1.82) is 0 Å². The van der Waals surface area contributed by atoms with Gasteiger partial charge in [0.25, 0.3) is 0 Å². The Balaban J connectivity index is 1.53. The fourth-order valence-electron chi connectivity index (χ4n) is 3.26. The number of pyridine rings is 1. The van der Waals surface area contributed by atoms with E-state index in [1.54, 1.807) is 23.4 Å². The van der Waals surface area contributed by atoms with Gasteiger partial charge in [0.05, 0.1) is 12.7 Å². The maximum atomic E-state index is 13.5. The van der Waals surface area contributed by atoms with Crippen LogP contribution in [0.25, 0.3) is 0 Å². The Morgan fingerprint density at radius 1 is 1.29 bits per heavy atom. The number of piperidine rings is 1. The molecule has 2 atom stereocenters. The Hall–Kier alpha value is -2.36. The number of aromatic nitrogens is 1. The standard InChI is InChI=1S/C21H23ClF3N3O3/c22-16-5-7-17(8-6-16)27-20(29)31-19(21(23,24)25)13-28-10-2-4-18(12-28)30-14-15-3-1-9-26-11-15/h1,3,5-9,11,18-19H,2,4,10,12-14H2,(H,27,29). The van der Waals surface area contributed by atoms with Crippen molar-refractivity contribution in [3.05, 3.63) is 59.4 Å². The third kappa shape index (κ3) is 7.68. The van der Waals surface area contributed by atoms with Crippen LogP contribution in [-0.4, -0.2) is 54.0 Å². The van der Waals surface area contributed by atoms with Crippen molar-refractivity contribution in [2.75, 3.05) is 25.0 Å². The van der Waals surface area contributed by atoms with Crippen molar-refractivity contribution in [3.63, 3.8) is 0 Å². The first-order chi connectivity index (χ1) is 14.8. The number of nitrogens with zero attached hydrogens (tertiary/aromatic N) is 2. The van der Waals surface area contributed by atoms with E-state index >= 15 is 0 Å². The second kappa shape index (κ2) is 10.8. The number of hydrogen-bond donors (Lipinski definition) is 1.